The van der Waals surface area contributed by atoms with E-state index in [0.29, 0.717) is 26.7 Å². The van der Waals surface area contributed by atoms with E-state index in [4.69, 9.17) is 4.74 Å². The Labute approximate surface area is 203 Å². The van der Waals surface area contributed by atoms with Gasteiger partial charge in [0.05, 0.1) is 14.5 Å². The number of benzene rings is 2. The lowest BCUT2D eigenvalue weighted by molar-refractivity contribution is -0.140. The molecule has 32 heavy (non-hydrogen) atoms. The second-order valence-corrected chi connectivity index (χ2v) is 10.1. The third kappa shape index (κ3) is 6.07. The first kappa shape index (κ1) is 26.3. The summed E-state index contributed by atoms with van der Waals surface area (Å²) in [6.07, 6.45) is 0.545. The van der Waals surface area contributed by atoms with Gasteiger partial charge >= 0.3 is 5.97 Å². The van der Waals surface area contributed by atoms with Crippen molar-refractivity contribution < 1.29 is 34.2 Å². The van der Waals surface area contributed by atoms with Crippen LogP contribution in [0.25, 0.3) is 0 Å². The number of carbonyl (C=O) groups excluding carboxylic acids is 1. The van der Waals surface area contributed by atoms with Crippen molar-refractivity contribution in [1.82, 2.24) is 5.32 Å². The van der Waals surface area contributed by atoms with Gasteiger partial charge in [0.2, 0.25) is 0 Å². The lowest BCUT2D eigenvalue weighted by atomic mass is 9.99. The molecule has 2 aromatic carbocycles. The van der Waals surface area contributed by atoms with Gasteiger partial charge in [-0.2, -0.15) is 0 Å². The molecule has 0 spiro atoms. The van der Waals surface area contributed by atoms with Crippen molar-refractivity contribution in [2.75, 3.05) is 0 Å². The standard InChI is InChI=1S/C21H22Br2NO7P/c1-4-10(2)17(20(27)28)24-19(26)13-9-12(5-6-16(13)25)31-18-14(22)7-11(8-15(18)23)21(3,29)32-30/h5-10,17,25,29H,4H2,1-3H3,(H,24,26)(H,27,28). The van der Waals surface area contributed by atoms with Crippen molar-refractivity contribution in [3.05, 3.63) is 50.4 Å². The van der Waals surface area contributed by atoms with Crippen molar-refractivity contribution >= 4 is 52.2 Å². The summed E-state index contributed by atoms with van der Waals surface area (Å²) in [7, 11) is -0.473. The molecule has 0 aliphatic rings. The van der Waals surface area contributed by atoms with Gasteiger partial charge in [-0.25, -0.2) is 4.79 Å². The normalized spacial score (nSPS) is 14.9. The highest BCUT2D eigenvalue weighted by atomic mass is 79.9. The number of aliphatic hydroxyl groups is 1. The molecule has 0 aliphatic carbocycles. The van der Waals surface area contributed by atoms with Gasteiger partial charge in [-0.3, -0.25) is 9.36 Å². The number of carbonyl (C=O) groups is 2. The van der Waals surface area contributed by atoms with E-state index in [-0.39, 0.29) is 23.0 Å². The average Bonchev–Trinajstić information content (AvgIpc) is 2.74. The second-order valence-electron chi connectivity index (χ2n) is 7.34. The van der Waals surface area contributed by atoms with Crippen LogP contribution in [-0.4, -0.2) is 33.2 Å². The molecule has 0 aliphatic heterocycles. The van der Waals surface area contributed by atoms with Crippen LogP contribution >= 0.6 is 40.3 Å². The molecule has 0 bridgehead atoms. The number of hydrogen-bond acceptors (Lipinski definition) is 6. The summed E-state index contributed by atoms with van der Waals surface area (Å²) < 4.78 is 17.9. The summed E-state index contributed by atoms with van der Waals surface area (Å²) in [4.78, 5) is 24.2. The number of ether oxygens (including phenoxy) is 1. The highest BCUT2D eigenvalue weighted by Crippen LogP contribution is 2.42. The van der Waals surface area contributed by atoms with Crippen LogP contribution in [0.1, 0.15) is 43.1 Å². The molecule has 0 fully saturated rings. The number of nitrogens with one attached hydrogen (secondary N) is 1. The molecule has 0 saturated heterocycles. The molecule has 1 amide bonds. The molecule has 0 aromatic heterocycles. The van der Waals surface area contributed by atoms with Crippen LogP contribution in [0, 0.1) is 5.92 Å². The SMILES string of the molecule is CCC(C)C(NC(=O)c1cc(Oc2c(Br)cc(C(C)(O)P=O)cc2Br)ccc1O)C(=O)O. The predicted octanol–water partition coefficient (Wildman–Crippen LogP) is 5.40. The number of phenols is 1. The molecule has 0 radical (unpaired) electrons. The first-order chi connectivity index (χ1) is 14.9. The molecule has 3 atom stereocenters. The van der Waals surface area contributed by atoms with Crippen LogP contribution in [0.3, 0.4) is 0 Å². The molecule has 0 heterocycles. The lowest BCUT2D eigenvalue weighted by Crippen LogP contribution is -2.45. The summed E-state index contributed by atoms with van der Waals surface area (Å²) >= 11 is 6.69. The highest BCUT2D eigenvalue weighted by Gasteiger charge is 2.28. The van der Waals surface area contributed by atoms with E-state index >= 15 is 0 Å². The Hall–Kier alpha value is -2.00. The number of rotatable bonds is 9. The van der Waals surface area contributed by atoms with Gasteiger partial charge in [-0.1, -0.05) is 20.3 Å². The minimum Gasteiger partial charge on any atom is -0.507 e. The fraction of sp³-hybridized carbons (Fsp3) is 0.333. The van der Waals surface area contributed by atoms with Crippen molar-refractivity contribution in [2.45, 2.75) is 38.6 Å². The Balaban J connectivity index is 2.35. The number of carboxylic acid groups (broad SMARTS) is 1. The fourth-order valence-electron chi connectivity index (χ4n) is 2.76. The van der Waals surface area contributed by atoms with E-state index in [1.165, 1.54) is 25.1 Å². The number of carboxylic acids is 1. The van der Waals surface area contributed by atoms with Gasteiger partial charge in [-0.05, 0) is 80.6 Å². The maximum atomic E-state index is 12.7. The topological polar surface area (TPSA) is 133 Å². The largest absolute Gasteiger partial charge is 0.507 e. The Kier molecular flexibility index (Phi) is 8.82. The lowest BCUT2D eigenvalue weighted by Gasteiger charge is -2.21. The summed E-state index contributed by atoms with van der Waals surface area (Å²) in [5.74, 6) is -2.05. The molecule has 2 rings (SSSR count). The van der Waals surface area contributed by atoms with E-state index in [2.05, 4.69) is 37.2 Å². The van der Waals surface area contributed by atoms with Gasteiger partial charge < -0.3 is 25.4 Å². The van der Waals surface area contributed by atoms with Crippen LogP contribution in [0.5, 0.6) is 17.2 Å². The first-order valence-corrected chi connectivity index (χ1v) is 11.9. The van der Waals surface area contributed by atoms with Gasteiger partial charge in [0.15, 0.2) is 19.6 Å². The zero-order valence-corrected chi connectivity index (χ0v) is 21.5. The van der Waals surface area contributed by atoms with Gasteiger partial charge in [0, 0.05) is 0 Å². The van der Waals surface area contributed by atoms with Crippen LogP contribution < -0.4 is 10.1 Å². The molecular weight excluding hydrogens is 569 g/mol. The average molecular weight is 591 g/mol. The predicted molar refractivity (Wildman–Crippen MR) is 126 cm³/mol. The Morgan fingerprint density at radius 2 is 1.81 bits per heavy atom. The van der Waals surface area contributed by atoms with E-state index < -0.39 is 31.7 Å². The first-order valence-electron chi connectivity index (χ1n) is 9.52. The van der Waals surface area contributed by atoms with E-state index in [9.17, 15) is 29.5 Å². The summed E-state index contributed by atoms with van der Waals surface area (Å²) in [6, 6.07) is 5.97. The van der Waals surface area contributed by atoms with E-state index in [0.717, 1.165) is 0 Å². The molecule has 3 unspecified atom stereocenters. The van der Waals surface area contributed by atoms with Crippen molar-refractivity contribution in [3.63, 3.8) is 0 Å². The minimum absolute atomic E-state index is 0.144. The maximum absolute atomic E-state index is 12.7. The zero-order chi connectivity index (χ0) is 24.2. The van der Waals surface area contributed by atoms with Crippen LogP contribution in [0.15, 0.2) is 39.3 Å². The van der Waals surface area contributed by atoms with Gasteiger partial charge in [-0.15, -0.1) is 0 Å². The smallest absolute Gasteiger partial charge is 0.326 e. The molecule has 11 heteroatoms. The van der Waals surface area contributed by atoms with Crippen LogP contribution in [0.4, 0.5) is 0 Å². The Morgan fingerprint density at radius 1 is 1.22 bits per heavy atom. The van der Waals surface area contributed by atoms with Crippen molar-refractivity contribution in [2.24, 2.45) is 5.92 Å². The number of phenolic OH excluding ortho intramolecular Hbond substituents is 1. The van der Waals surface area contributed by atoms with Crippen LogP contribution in [0.2, 0.25) is 0 Å². The molecule has 0 saturated carbocycles. The molecule has 2 aromatic rings. The molecular formula is C21H22Br2NO7P. The van der Waals surface area contributed by atoms with E-state index in [1.54, 1.807) is 19.1 Å². The Bertz CT molecular complexity index is 1020. The molecule has 4 N–H and O–H groups in total. The number of aliphatic carboxylic acids is 1. The summed E-state index contributed by atoms with van der Waals surface area (Å²) in [5.41, 5.74) is 0.227. The number of aromatic hydroxyl groups is 1. The Morgan fingerprint density at radius 3 is 2.31 bits per heavy atom. The third-order valence-corrected chi connectivity index (χ3v) is 6.71. The third-order valence-electron chi connectivity index (χ3n) is 4.92. The maximum Gasteiger partial charge on any atom is 0.326 e. The van der Waals surface area contributed by atoms with Gasteiger partial charge in [0.25, 0.3) is 5.91 Å². The summed E-state index contributed by atoms with van der Waals surface area (Å²) in [5, 5.41) is 30.6. The molecule has 8 nitrogen and oxygen atoms in total. The minimum atomic E-state index is -1.59. The zero-order valence-electron chi connectivity index (χ0n) is 17.4. The quantitative estimate of drug-likeness (QED) is 0.288. The van der Waals surface area contributed by atoms with Crippen molar-refractivity contribution in [3.8, 4) is 17.2 Å². The second kappa shape index (κ2) is 10.7. The number of amides is 1. The number of hydrogen-bond donors (Lipinski definition) is 4. The molecule has 172 valence electrons. The highest BCUT2D eigenvalue weighted by molar-refractivity contribution is 9.11. The fourth-order valence-corrected chi connectivity index (χ4v) is 4.35. The monoisotopic (exact) mass is 589 g/mol. The number of halogens is 2. The van der Waals surface area contributed by atoms with Gasteiger partial charge in [0.1, 0.15) is 17.5 Å². The van der Waals surface area contributed by atoms with Crippen molar-refractivity contribution in [1.29, 1.82) is 0 Å². The summed E-state index contributed by atoms with van der Waals surface area (Å²) in [6.45, 7) is 4.92. The van der Waals surface area contributed by atoms with E-state index in [1.807, 2.05) is 6.92 Å². The van der Waals surface area contributed by atoms with Crippen LogP contribution in [-0.2, 0) is 14.7 Å².